The minimum atomic E-state index is -0.410. The van der Waals surface area contributed by atoms with E-state index in [4.69, 9.17) is 21.1 Å². The van der Waals surface area contributed by atoms with Gasteiger partial charge in [-0.15, -0.1) is 11.6 Å². The highest BCUT2D eigenvalue weighted by molar-refractivity contribution is 6.19. The smallest absolute Gasteiger partial charge is 0.189 e. The Morgan fingerprint density at radius 2 is 2.22 bits per heavy atom. The number of ether oxygens (including phenoxy) is 2. The SMILES string of the molecule is Fc1cc(OCOCC2CC2)ccc1C#CCCl. The third-order valence-electron chi connectivity index (χ3n) is 2.59. The lowest BCUT2D eigenvalue weighted by molar-refractivity contribution is 0.00983. The Balaban J connectivity index is 1.83. The highest BCUT2D eigenvalue weighted by Crippen LogP contribution is 2.28. The van der Waals surface area contributed by atoms with Crippen LogP contribution in [0.5, 0.6) is 5.75 Å². The third-order valence-corrected chi connectivity index (χ3v) is 2.72. The standard InChI is InChI=1S/C14H14ClFO2/c15-7-1-2-12-5-6-13(8-14(12)16)18-10-17-9-11-3-4-11/h5-6,8,11H,3-4,7,9-10H2. The molecule has 4 heteroatoms. The molecule has 2 nitrogen and oxygen atoms in total. The van der Waals surface area contributed by atoms with Crippen LogP contribution in [0, 0.1) is 23.6 Å². The summed E-state index contributed by atoms with van der Waals surface area (Å²) in [4.78, 5) is 0. The second-order valence-corrected chi connectivity index (χ2v) is 4.42. The Morgan fingerprint density at radius 3 is 2.89 bits per heavy atom. The molecule has 2 rings (SSSR count). The minimum absolute atomic E-state index is 0.155. The number of halogens is 2. The van der Waals surface area contributed by atoms with E-state index >= 15 is 0 Å². The molecule has 0 aliphatic heterocycles. The first-order valence-corrected chi connectivity index (χ1v) is 6.38. The van der Waals surface area contributed by atoms with E-state index in [-0.39, 0.29) is 12.7 Å². The molecule has 0 spiro atoms. The molecule has 0 atom stereocenters. The molecule has 1 aliphatic carbocycles. The highest BCUT2D eigenvalue weighted by atomic mass is 35.5. The normalized spacial score (nSPS) is 13.9. The fourth-order valence-corrected chi connectivity index (χ4v) is 1.49. The van der Waals surface area contributed by atoms with Crippen molar-refractivity contribution in [3.8, 4) is 17.6 Å². The fourth-order valence-electron chi connectivity index (χ4n) is 1.42. The summed E-state index contributed by atoms with van der Waals surface area (Å²) >= 11 is 5.41. The van der Waals surface area contributed by atoms with Crippen molar-refractivity contribution in [2.45, 2.75) is 12.8 Å². The summed E-state index contributed by atoms with van der Waals surface area (Å²) in [5, 5.41) is 0. The average molecular weight is 269 g/mol. The average Bonchev–Trinajstić information content (AvgIpc) is 3.18. The highest BCUT2D eigenvalue weighted by Gasteiger charge is 2.21. The van der Waals surface area contributed by atoms with Crippen LogP contribution in [-0.4, -0.2) is 19.3 Å². The zero-order valence-corrected chi connectivity index (χ0v) is 10.7. The molecule has 0 radical (unpaired) electrons. The van der Waals surface area contributed by atoms with Gasteiger partial charge in [0.1, 0.15) is 11.6 Å². The van der Waals surface area contributed by atoms with Crippen molar-refractivity contribution in [1.82, 2.24) is 0 Å². The van der Waals surface area contributed by atoms with E-state index in [1.807, 2.05) is 0 Å². The van der Waals surface area contributed by atoms with Gasteiger partial charge < -0.3 is 9.47 Å². The van der Waals surface area contributed by atoms with Gasteiger partial charge in [0.2, 0.25) is 0 Å². The largest absolute Gasteiger partial charge is 0.467 e. The Morgan fingerprint density at radius 1 is 1.39 bits per heavy atom. The molecule has 1 aromatic carbocycles. The van der Waals surface area contributed by atoms with E-state index in [0.29, 0.717) is 17.2 Å². The number of rotatable bonds is 5. The molecule has 0 N–H and O–H groups in total. The number of benzene rings is 1. The molecule has 96 valence electrons. The Bertz CT molecular complexity index is 461. The second kappa shape index (κ2) is 6.63. The molecular weight excluding hydrogens is 255 g/mol. The zero-order valence-electron chi connectivity index (χ0n) is 9.92. The molecule has 0 aromatic heterocycles. The van der Waals surface area contributed by atoms with Crippen LogP contribution in [0.15, 0.2) is 18.2 Å². The van der Waals surface area contributed by atoms with Crippen molar-refractivity contribution in [2.24, 2.45) is 5.92 Å². The van der Waals surface area contributed by atoms with Crippen molar-refractivity contribution in [3.63, 3.8) is 0 Å². The quantitative estimate of drug-likeness (QED) is 0.353. The molecule has 0 amide bonds. The number of hydrogen-bond acceptors (Lipinski definition) is 2. The maximum Gasteiger partial charge on any atom is 0.189 e. The van der Waals surface area contributed by atoms with Gasteiger partial charge in [0, 0.05) is 6.07 Å². The molecule has 0 heterocycles. The summed E-state index contributed by atoms with van der Waals surface area (Å²) < 4.78 is 24.1. The van der Waals surface area contributed by atoms with E-state index < -0.39 is 5.82 Å². The molecular formula is C14H14ClFO2. The lowest BCUT2D eigenvalue weighted by Crippen LogP contribution is -2.05. The van der Waals surface area contributed by atoms with Crippen LogP contribution in [0.3, 0.4) is 0 Å². The second-order valence-electron chi connectivity index (χ2n) is 4.15. The molecule has 0 saturated heterocycles. The van der Waals surface area contributed by atoms with E-state index in [1.54, 1.807) is 12.1 Å². The molecule has 1 fully saturated rings. The third kappa shape index (κ3) is 4.21. The summed E-state index contributed by atoms with van der Waals surface area (Å²) in [7, 11) is 0. The summed E-state index contributed by atoms with van der Waals surface area (Å²) in [6, 6.07) is 4.55. The zero-order chi connectivity index (χ0) is 12.8. The lowest BCUT2D eigenvalue weighted by atomic mass is 10.2. The van der Waals surface area contributed by atoms with E-state index in [2.05, 4.69) is 11.8 Å². The molecule has 1 saturated carbocycles. The molecule has 0 unspecified atom stereocenters. The summed E-state index contributed by atoms with van der Waals surface area (Å²) in [5.74, 6) is 6.16. The molecule has 1 aromatic rings. The maximum absolute atomic E-state index is 13.6. The monoisotopic (exact) mass is 268 g/mol. The van der Waals surface area contributed by atoms with Crippen LogP contribution in [0.25, 0.3) is 0 Å². The van der Waals surface area contributed by atoms with Gasteiger partial charge in [0.05, 0.1) is 18.1 Å². The van der Waals surface area contributed by atoms with E-state index in [1.165, 1.54) is 18.9 Å². The van der Waals surface area contributed by atoms with Crippen molar-refractivity contribution in [2.75, 3.05) is 19.3 Å². The van der Waals surface area contributed by atoms with Gasteiger partial charge in [-0.2, -0.15) is 0 Å². The van der Waals surface area contributed by atoms with Gasteiger partial charge in [-0.3, -0.25) is 0 Å². The minimum Gasteiger partial charge on any atom is -0.467 e. The van der Waals surface area contributed by atoms with Crippen LogP contribution in [-0.2, 0) is 4.74 Å². The number of alkyl halides is 1. The summed E-state index contributed by atoms with van der Waals surface area (Å²) in [5.41, 5.74) is 0.321. The van der Waals surface area contributed by atoms with Crippen molar-refractivity contribution in [1.29, 1.82) is 0 Å². The predicted octanol–water partition coefficient (Wildman–Crippen LogP) is 3.18. The van der Waals surface area contributed by atoms with Gasteiger partial charge in [-0.25, -0.2) is 4.39 Å². The first kappa shape index (κ1) is 13.2. The van der Waals surface area contributed by atoms with Crippen molar-refractivity contribution >= 4 is 11.6 Å². The Kier molecular flexibility index (Phi) is 4.86. The Hall–Kier alpha value is -1.24. The van der Waals surface area contributed by atoms with Gasteiger partial charge in [0.15, 0.2) is 6.79 Å². The topological polar surface area (TPSA) is 18.5 Å². The Labute approximate surface area is 111 Å². The lowest BCUT2D eigenvalue weighted by Gasteiger charge is -2.07. The van der Waals surface area contributed by atoms with Crippen molar-refractivity contribution < 1.29 is 13.9 Å². The predicted molar refractivity (Wildman–Crippen MR) is 68.2 cm³/mol. The summed E-state index contributed by atoms with van der Waals surface area (Å²) in [6.07, 6.45) is 2.48. The first-order chi connectivity index (χ1) is 8.79. The maximum atomic E-state index is 13.6. The van der Waals surface area contributed by atoms with Gasteiger partial charge >= 0.3 is 0 Å². The first-order valence-electron chi connectivity index (χ1n) is 5.84. The van der Waals surface area contributed by atoms with Crippen LogP contribution in [0.1, 0.15) is 18.4 Å². The van der Waals surface area contributed by atoms with Gasteiger partial charge in [-0.05, 0) is 30.9 Å². The van der Waals surface area contributed by atoms with Gasteiger partial charge in [0.25, 0.3) is 0 Å². The fraction of sp³-hybridized carbons (Fsp3) is 0.429. The van der Waals surface area contributed by atoms with E-state index in [9.17, 15) is 4.39 Å². The molecule has 0 bridgehead atoms. The van der Waals surface area contributed by atoms with E-state index in [0.717, 1.165) is 6.61 Å². The van der Waals surface area contributed by atoms with Gasteiger partial charge in [-0.1, -0.05) is 11.8 Å². The van der Waals surface area contributed by atoms with Crippen LogP contribution < -0.4 is 4.74 Å². The van der Waals surface area contributed by atoms with Crippen LogP contribution >= 0.6 is 11.6 Å². The molecule has 1 aliphatic rings. The van der Waals surface area contributed by atoms with Crippen molar-refractivity contribution in [3.05, 3.63) is 29.6 Å². The number of hydrogen-bond donors (Lipinski definition) is 0. The van der Waals surface area contributed by atoms with Crippen LogP contribution in [0.4, 0.5) is 4.39 Å². The summed E-state index contributed by atoms with van der Waals surface area (Å²) in [6.45, 7) is 0.879. The molecule has 18 heavy (non-hydrogen) atoms. The van der Waals surface area contributed by atoms with Crippen LogP contribution in [0.2, 0.25) is 0 Å².